The Labute approximate surface area is 251 Å². The zero-order chi connectivity index (χ0) is 30.6. The lowest BCUT2D eigenvalue weighted by molar-refractivity contribution is -0.132. The van der Waals surface area contributed by atoms with E-state index in [1.54, 1.807) is 6.20 Å². The number of fused-ring (bicyclic) bond motifs is 1. The van der Waals surface area contributed by atoms with Crippen LogP contribution < -0.4 is 16.0 Å². The highest BCUT2D eigenvalue weighted by molar-refractivity contribution is 5.92. The maximum absolute atomic E-state index is 13.7. The molecule has 0 bridgehead atoms. The van der Waals surface area contributed by atoms with Gasteiger partial charge >= 0.3 is 0 Å². The van der Waals surface area contributed by atoms with Crippen molar-refractivity contribution >= 4 is 34.8 Å². The third kappa shape index (κ3) is 9.36. The molecule has 3 aromatic carbocycles. The molecule has 0 fully saturated rings. The summed E-state index contributed by atoms with van der Waals surface area (Å²) in [5.74, 6) is -1.49. The zero-order valence-electron chi connectivity index (χ0n) is 24.6. The van der Waals surface area contributed by atoms with Gasteiger partial charge in [0, 0.05) is 19.2 Å². The van der Waals surface area contributed by atoms with E-state index in [0.717, 1.165) is 28.2 Å². The highest BCUT2D eigenvalue weighted by atomic mass is 16.2. The maximum Gasteiger partial charge on any atom is 0.243 e. The average Bonchev–Trinajstić information content (AvgIpc) is 3.52. The van der Waals surface area contributed by atoms with Gasteiger partial charge in [-0.1, -0.05) is 86.6 Å². The quantitative estimate of drug-likeness (QED) is 0.160. The number of nitrogens with zero attached hydrogens (tertiary/aromatic N) is 1. The average molecular weight is 582 g/mol. The lowest BCUT2D eigenvalue weighted by Gasteiger charge is -2.24. The molecule has 0 aliphatic carbocycles. The van der Waals surface area contributed by atoms with Gasteiger partial charge in [0.25, 0.3) is 0 Å². The number of aldehydes is 1. The smallest absolute Gasteiger partial charge is 0.243 e. The van der Waals surface area contributed by atoms with Crippen LogP contribution in [0.5, 0.6) is 0 Å². The number of H-pyrrole nitrogens is 1. The van der Waals surface area contributed by atoms with E-state index in [4.69, 9.17) is 0 Å². The summed E-state index contributed by atoms with van der Waals surface area (Å²) in [7, 11) is 0. The summed E-state index contributed by atoms with van der Waals surface area (Å²) in [5, 5.41) is 10.7. The number of imidazole rings is 1. The predicted molar refractivity (Wildman–Crippen MR) is 166 cm³/mol. The Balaban J connectivity index is 1.48. The molecule has 0 saturated carbocycles. The van der Waals surface area contributed by atoms with Crippen LogP contribution in [0.25, 0.3) is 10.8 Å². The topological polar surface area (TPSA) is 133 Å². The van der Waals surface area contributed by atoms with Crippen molar-refractivity contribution in [1.29, 1.82) is 0 Å². The molecule has 43 heavy (non-hydrogen) atoms. The fourth-order valence-electron chi connectivity index (χ4n) is 5.13. The summed E-state index contributed by atoms with van der Waals surface area (Å²) < 4.78 is 0. The molecular weight excluding hydrogens is 542 g/mol. The number of hydrogen-bond acceptors (Lipinski definition) is 5. The van der Waals surface area contributed by atoms with E-state index in [-0.39, 0.29) is 37.1 Å². The number of aromatic nitrogens is 2. The Bertz CT molecular complexity index is 1500. The molecule has 4 aromatic rings. The first kappa shape index (κ1) is 31.2. The van der Waals surface area contributed by atoms with Gasteiger partial charge in [-0.15, -0.1) is 0 Å². The second kappa shape index (κ2) is 15.4. The first-order chi connectivity index (χ1) is 20.8. The molecule has 0 spiro atoms. The van der Waals surface area contributed by atoms with Crippen molar-refractivity contribution in [2.45, 2.75) is 51.6 Å². The van der Waals surface area contributed by atoms with Gasteiger partial charge in [-0.2, -0.15) is 0 Å². The first-order valence-corrected chi connectivity index (χ1v) is 14.6. The van der Waals surface area contributed by atoms with Crippen molar-refractivity contribution in [1.82, 2.24) is 25.9 Å². The molecular formula is C34H39N5O4. The Kier molecular flexibility index (Phi) is 11.2. The van der Waals surface area contributed by atoms with Crippen LogP contribution >= 0.6 is 0 Å². The minimum atomic E-state index is -0.963. The number of carbonyl (C=O) groups excluding carboxylic acids is 4. The number of amides is 3. The summed E-state index contributed by atoms with van der Waals surface area (Å²) in [6.07, 6.45) is 5.04. The lowest BCUT2D eigenvalue weighted by Crippen LogP contribution is -2.53. The number of rotatable bonds is 15. The Hall–Kier alpha value is -4.79. The van der Waals surface area contributed by atoms with Crippen molar-refractivity contribution in [2.24, 2.45) is 11.8 Å². The summed E-state index contributed by atoms with van der Waals surface area (Å²) in [6, 6.07) is 21.7. The van der Waals surface area contributed by atoms with Crippen molar-refractivity contribution in [3.8, 4) is 0 Å². The fraction of sp³-hybridized carbons (Fsp3) is 0.324. The van der Waals surface area contributed by atoms with Gasteiger partial charge in [-0.05, 0) is 40.7 Å². The van der Waals surface area contributed by atoms with Crippen LogP contribution in [-0.4, -0.2) is 52.6 Å². The van der Waals surface area contributed by atoms with E-state index < -0.39 is 23.9 Å². The van der Waals surface area contributed by atoms with Gasteiger partial charge in [-0.3, -0.25) is 14.4 Å². The lowest BCUT2D eigenvalue weighted by atomic mass is 9.97. The summed E-state index contributed by atoms with van der Waals surface area (Å²) in [5.41, 5.74) is 2.42. The van der Waals surface area contributed by atoms with Crippen molar-refractivity contribution in [2.75, 3.05) is 6.54 Å². The molecule has 224 valence electrons. The Morgan fingerprint density at radius 3 is 2.35 bits per heavy atom. The van der Waals surface area contributed by atoms with E-state index in [1.807, 2.05) is 86.6 Å². The van der Waals surface area contributed by atoms with Crippen LogP contribution in [0.15, 0.2) is 85.3 Å². The van der Waals surface area contributed by atoms with Gasteiger partial charge in [0.2, 0.25) is 17.7 Å². The molecule has 9 nitrogen and oxygen atoms in total. The van der Waals surface area contributed by atoms with Crippen LogP contribution in [0.2, 0.25) is 0 Å². The number of nitrogens with one attached hydrogen (secondary N) is 4. The number of benzene rings is 3. The highest BCUT2D eigenvalue weighted by Crippen LogP contribution is 2.19. The molecule has 4 rings (SSSR count). The van der Waals surface area contributed by atoms with Crippen molar-refractivity contribution in [3.63, 3.8) is 0 Å². The zero-order valence-corrected chi connectivity index (χ0v) is 24.6. The second-order valence-corrected chi connectivity index (χ2v) is 11.2. The van der Waals surface area contributed by atoms with Crippen LogP contribution in [0.1, 0.15) is 37.1 Å². The molecule has 4 N–H and O–H groups in total. The molecule has 0 saturated heterocycles. The van der Waals surface area contributed by atoms with Gasteiger partial charge in [0.15, 0.2) is 0 Å². The third-order valence-corrected chi connectivity index (χ3v) is 7.29. The molecule has 1 unspecified atom stereocenters. The van der Waals surface area contributed by atoms with Gasteiger partial charge in [0.1, 0.15) is 12.3 Å². The molecule has 1 aromatic heterocycles. The van der Waals surface area contributed by atoms with Gasteiger partial charge in [-0.25, -0.2) is 4.98 Å². The molecule has 9 heteroatoms. The van der Waals surface area contributed by atoms with Crippen molar-refractivity contribution in [3.05, 3.63) is 102 Å². The third-order valence-electron chi connectivity index (χ3n) is 7.29. The molecule has 0 radical (unpaired) electrons. The molecule has 1 heterocycles. The van der Waals surface area contributed by atoms with E-state index in [1.165, 1.54) is 6.33 Å². The molecule has 3 atom stereocenters. The standard InChI is InChI=1S/C34H39N5O4/c1-23(2)15-29(21-40)38-34(43)31(18-28-20-35-22-37-28)39-33(42)27(16-24-9-4-3-5-10-24)19-36-32(41)17-26-13-8-12-25-11-6-7-14-30(25)26/h3-14,20-23,27,29,31H,15-19H2,1-2H3,(H,35,37)(H,36,41)(H,38,43)(H,39,42)/t27?,29-,31-/m0/s1. The monoisotopic (exact) mass is 581 g/mol. The van der Waals surface area contributed by atoms with Crippen LogP contribution in [-0.2, 0) is 38.4 Å². The van der Waals surface area contributed by atoms with E-state index in [0.29, 0.717) is 18.5 Å². The van der Waals surface area contributed by atoms with E-state index >= 15 is 0 Å². The van der Waals surface area contributed by atoms with E-state index in [9.17, 15) is 19.2 Å². The minimum absolute atomic E-state index is 0.0887. The summed E-state index contributed by atoms with van der Waals surface area (Å²) in [4.78, 5) is 58.8. The van der Waals surface area contributed by atoms with E-state index in [2.05, 4.69) is 25.9 Å². The maximum atomic E-state index is 13.7. The SMILES string of the molecule is CC(C)C[C@@H](C=O)NC(=O)[C@H](Cc1c[nH]cn1)NC(=O)C(CNC(=O)Cc1cccc2ccccc12)Cc1ccccc1. The number of carbonyl (C=O) groups is 4. The van der Waals surface area contributed by atoms with Crippen molar-refractivity contribution < 1.29 is 19.2 Å². The van der Waals surface area contributed by atoms with Crippen LogP contribution in [0.3, 0.4) is 0 Å². The number of aromatic amines is 1. The highest BCUT2D eigenvalue weighted by Gasteiger charge is 2.28. The fourth-order valence-corrected chi connectivity index (χ4v) is 5.13. The molecule has 0 aliphatic rings. The number of hydrogen-bond donors (Lipinski definition) is 4. The van der Waals surface area contributed by atoms with Gasteiger partial charge in [0.05, 0.1) is 30.4 Å². The largest absolute Gasteiger partial charge is 0.355 e. The van der Waals surface area contributed by atoms with Crippen LogP contribution in [0.4, 0.5) is 0 Å². The molecule has 0 aliphatic heterocycles. The Morgan fingerprint density at radius 1 is 0.884 bits per heavy atom. The normalized spacial score (nSPS) is 13.2. The van der Waals surface area contributed by atoms with Crippen LogP contribution in [0, 0.1) is 11.8 Å². The first-order valence-electron chi connectivity index (χ1n) is 14.6. The summed E-state index contributed by atoms with van der Waals surface area (Å²) >= 11 is 0. The predicted octanol–water partition coefficient (Wildman–Crippen LogP) is 3.54. The second-order valence-electron chi connectivity index (χ2n) is 11.2. The minimum Gasteiger partial charge on any atom is -0.355 e. The summed E-state index contributed by atoms with van der Waals surface area (Å²) in [6.45, 7) is 4.02. The molecule has 3 amide bonds. The Morgan fingerprint density at radius 2 is 1.63 bits per heavy atom. The van der Waals surface area contributed by atoms with Gasteiger partial charge < -0.3 is 25.7 Å².